The molecule has 0 aliphatic carbocycles. The van der Waals surface area contributed by atoms with Crippen molar-refractivity contribution in [2.75, 3.05) is 48.9 Å². The average molecular weight is 601 g/mol. The predicted molar refractivity (Wildman–Crippen MR) is 167 cm³/mol. The van der Waals surface area contributed by atoms with Crippen LogP contribution in [0.1, 0.15) is 45.1 Å². The molecule has 2 aliphatic rings. The Bertz CT molecular complexity index is 1330. The molecule has 2 heterocycles. The molecule has 1 unspecified atom stereocenters. The summed E-state index contributed by atoms with van der Waals surface area (Å²) in [5.74, 6) is 7.62. The Morgan fingerprint density at radius 2 is 2.00 bits per heavy atom. The molecule has 11 heteroatoms. The Balaban J connectivity index is 1.38. The first kappa shape index (κ1) is 31.4. The Morgan fingerprint density at radius 3 is 2.74 bits per heavy atom. The zero-order valence-electron chi connectivity index (χ0n) is 24.3. The highest BCUT2D eigenvalue weighted by atomic mass is 32.2. The van der Waals surface area contributed by atoms with Gasteiger partial charge in [0.25, 0.3) is 0 Å². The predicted octanol–water partition coefficient (Wildman–Crippen LogP) is 6.56. The number of hydrogen-bond acceptors (Lipinski definition) is 8. The number of hydrogen-bond donors (Lipinski definition) is 4. The molecule has 0 saturated heterocycles. The van der Waals surface area contributed by atoms with Gasteiger partial charge < -0.3 is 25.1 Å². The van der Waals surface area contributed by atoms with E-state index in [0.29, 0.717) is 24.4 Å². The molecule has 0 amide bonds. The monoisotopic (exact) mass is 600 g/mol. The molecule has 4 rings (SSSR count). The highest BCUT2D eigenvalue weighted by Crippen LogP contribution is 2.38. The summed E-state index contributed by atoms with van der Waals surface area (Å²) in [6.45, 7) is 4.92. The Hall–Kier alpha value is -3.49. The summed E-state index contributed by atoms with van der Waals surface area (Å²) in [6.07, 6.45) is 2.60. The molecule has 0 radical (unpaired) electrons. The smallest absolute Gasteiger partial charge is 0.405 e. The number of anilines is 3. The highest BCUT2D eigenvalue weighted by Gasteiger charge is 2.38. The average Bonchev–Trinajstić information content (AvgIpc) is 3.54. The van der Waals surface area contributed by atoms with E-state index in [1.165, 1.54) is 28.8 Å². The first-order valence-electron chi connectivity index (χ1n) is 14.3. The Kier molecular flexibility index (Phi) is 11.3. The van der Waals surface area contributed by atoms with Crippen molar-refractivity contribution in [1.29, 1.82) is 0 Å². The second-order valence-corrected chi connectivity index (χ2v) is 11.2. The molecule has 226 valence electrons. The van der Waals surface area contributed by atoms with E-state index < -0.39 is 18.8 Å². The largest absolute Gasteiger partial charge is 0.495 e. The van der Waals surface area contributed by atoms with Crippen molar-refractivity contribution >= 4 is 34.8 Å². The van der Waals surface area contributed by atoms with Gasteiger partial charge in [-0.3, -0.25) is 4.99 Å². The number of nitrogens with one attached hydrogen (secondary N) is 4. The van der Waals surface area contributed by atoms with Crippen molar-refractivity contribution in [3.63, 3.8) is 0 Å². The van der Waals surface area contributed by atoms with Crippen molar-refractivity contribution in [1.82, 2.24) is 10.1 Å². The molecule has 0 aromatic heterocycles. The van der Waals surface area contributed by atoms with Crippen LogP contribution in [-0.4, -0.2) is 51.3 Å². The number of hydrazine groups is 1. The van der Waals surface area contributed by atoms with E-state index >= 15 is 0 Å². The second-order valence-electron chi connectivity index (χ2n) is 10.3. The Labute approximate surface area is 250 Å². The topological polar surface area (TPSA) is 72.9 Å². The van der Waals surface area contributed by atoms with E-state index in [0.717, 1.165) is 53.5 Å². The lowest BCUT2D eigenvalue weighted by Gasteiger charge is -2.25. The number of alkyl halides is 3. The van der Waals surface area contributed by atoms with Gasteiger partial charge in [-0.25, -0.2) is 5.43 Å². The van der Waals surface area contributed by atoms with Gasteiger partial charge in [-0.05, 0) is 67.3 Å². The molecule has 42 heavy (non-hydrogen) atoms. The molecule has 2 aromatic rings. The van der Waals surface area contributed by atoms with E-state index in [1.54, 1.807) is 19.2 Å². The highest BCUT2D eigenvalue weighted by molar-refractivity contribution is 7.98. The number of methoxy groups -OCH3 is 1. The quantitative estimate of drug-likeness (QED) is 0.0899. The number of halogens is 3. The van der Waals surface area contributed by atoms with E-state index in [1.807, 2.05) is 37.3 Å². The zero-order chi connectivity index (χ0) is 30.0. The van der Waals surface area contributed by atoms with E-state index in [4.69, 9.17) is 4.74 Å². The van der Waals surface area contributed by atoms with Gasteiger partial charge in [-0.2, -0.15) is 13.2 Å². The van der Waals surface area contributed by atoms with Crippen LogP contribution in [0.4, 0.5) is 30.2 Å². The number of amidine groups is 1. The van der Waals surface area contributed by atoms with Gasteiger partial charge in [0.2, 0.25) is 0 Å². The normalized spacial score (nSPS) is 15.9. The van der Waals surface area contributed by atoms with Gasteiger partial charge in [0, 0.05) is 29.1 Å². The van der Waals surface area contributed by atoms with Crippen LogP contribution in [0.2, 0.25) is 0 Å². The number of fused-ring (bicyclic) bond motifs is 1. The first-order valence-corrected chi connectivity index (χ1v) is 15.1. The SMILES string of the molecule is CCCCCCNNc1cccc2c1CC(C#CCNc1ccc(SNC3=NCC(C)=C3)cc1OC)N2CC(F)(F)F. The van der Waals surface area contributed by atoms with Crippen LogP contribution in [-0.2, 0) is 6.42 Å². The lowest BCUT2D eigenvalue weighted by Crippen LogP contribution is -2.39. The van der Waals surface area contributed by atoms with Crippen LogP contribution in [0.3, 0.4) is 0 Å². The number of unbranched alkanes of at least 4 members (excludes halogenated alkanes) is 3. The number of aliphatic imine (C=N–C) groups is 1. The molecule has 1 atom stereocenters. The van der Waals surface area contributed by atoms with Crippen molar-refractivity contribution in [3.05, 3.63) is 53.6 Å². The fourth-order valence-corrected chi connectivity index (χ4v) is 5.51. The molecule has 0 fully saturated rings. The minimum Gasteiger partial charge on any atom is -0.495 e. The third kappa shape index (κ3) is 9.00. The van der Waals surface area contributed by atoms with Gasteiger partial charge in [0.1, 0.15) is 18.1 Å². The minimum absolute atomic E-state index is 0.263. The maximum absolute atomic E-state index is 13.6. The molecule has 2 aromatic carbocycles. The molecule has 4 N–H and O–H groups in total. The minimum atomic E-state index is -4.35. The molecular formula is C31H39F3N6OS. The summed E-state index contributed by atoms with van der Waals surface area (Å²) >= 11 is 1.44. The van der Waals surface area contributed by atoms with Gasteiger partial charge in [0.05, 0.1) is 37.6 Å². The molecular weight excluding hydrogens is 561 g/mol. The van der Waals surface area contributed by atoms with Crippen LogP contribution in [0.25, 0.3) is 0 Å². The first-order chi connectivity index (χ1) is 20.3. The summed E-state index contributed by atoms with van der Waals surface area (Å²) in [4.78, 5) is 6.72. The second kappa shape index (κ2) is 15.1. The summed E-state index contributed by atoms with van der Waals surface area (Å²) in [6, 6.07) is 10.6. The molecule has 0 bridgehead atoms. The molecule has 0 spiro atoms. The third-order valence-corrected chi connectivity index (χ3v) is 7.73. The van der Waals surface area contributed by atoms with Gasteiger partial charge >= 0.3 is 6.18 Å². The summed E-state index contributed by atoms with van der Waals surface area (Å²) in [5, 5.41) is 3.24. The summed E-state index contributed by atoms with van der Waals surface area (Å²) in [5.41, 5.74) is 10.6. The molecule has 0 saturated carbocycles. The zero-order valence-corrected chi connectivity index (χ0v) is 25.1. The Morgan fingerprint density at radius 1 is 1.14 bits per heavy atom. The van der Waals surface area contributed by atoms with Crippen LogP contribution in [0.15, 0.2) is 57.9 Å². The number of benzene rings is 2. The number of ether oxygens (including phenoxy) is 1. The fourth-order valence-electron chi connectivity index (χ4n) is 4.86. The van der Waals surface area contributed by atoms with Crippen molar-refractivity contribution in [3.8, 4) is 17.6 Å². The summed E-state index contributed by atoms with van der Waals surface area (Å²) in [7, 11) is 1.59. The molecule has 2 aliphatic heterocycles. The van der Waals surface area contributed by atoms with Crippen LogP contribution in [0.5, 0.6) is 5.75 Å². The third-order valence-electron chi connectivity index (χ3n) is 6.93. The maximum atomic E-state index is 13.6. The van der Waals surface area contributed by atoms with E-state index in [-0.39, 0.29) is 6.54 Å². The fraction of sp³-hybridized carbons (Fsp3) is 0.452. The van der Waals surface area contributed by atoms with Gasteiger partial charge in [-0.1, -0.05) is 44.1 Å². The number of nitrogens with zero attached hydrogens (tertiary/aromatic N) is 2. The van der Waals surface area contributed by atoms with Crippen LogP contribution < -0.4 is 30.5 Å². The van der Waals surface area contributed by atoms with Crippen molar-refractivity contribution in [2.45, 2.75) is 63.1 Å². The lowest BCUT2D eigenvalue weighted by molar-refractivity contribution is -0.120. The summed E-state index contributed by atoms with van der Waals surface area (Å²) < 4.78 is 49.4. The van der Waals surface area contributed by atoms with Crippen molar-refractivity contribution < 1.29 is 17.9 Å². The van der Waals surface area contributed by atoms with Crippen LogP contribution >= 0.6 is 11.9 Å². The van der Waals surface area contributed by atoms with Crippen molar-refractivity contribution in [2.24, 2.45) is 4.99 Å². The van der Waals surface area contributed by atoms with E-state index in [9.17, 15) is 13.2 Å². The van der Waals surface area contributed by atoms with E-state index in [2.05, 4.69) is 44.6 Å². The maximum Gasteiger partial charge on any atom is 0.405 e. The molecule has 7 nitrogen and oxygen atoms in total. The van der Waals surface area contributed by atoms with Gasteiger partial charge in [0.15, 0.2) is 0 Å². The van der Waals surface area contributed by atoms with Gasteiger partial charge in [-0.15, -0.1) is 0 Å². The number of rotatable bonds is 13. The lowest BCUT2D eigenvalue weighted by atomic mass is 10.1. The van der Waals surface area contributed by atoms with Crippen LogP contribution in [0, 0.1) is 11.8 Å². The standard InChI is InChI=1S/C31H39F3N6OS/c1-4-5-6-7-16-37-38-26-11-8-12-28-25(26)18-23(40(28)21-31(32,33)34)10-9-15-35-27-14-13-24(19-29(27)41-3)42-39-30-17-22(2)20-36-30/h8,11-14,17,19,23,35,37-38H,4-7,15-16,18,20-21H2,1-3H3,(H,36,39).